The van der Waals surface area contributed by atoms with Gasteiger partial charge in [-0.3, -0.25) is 9.65 Å². The number of nitrogens with two attached hydrogens (primary N) is 1. The lowest BCUT2D eigenvalue weighted by Crippen LogP contribution is -2.34. The highest BCUT2D eigenvalue weighted by Crippen LogP contribution is 2.41. The Morgan fingerprint density at radius 1 is 0.750 bits per heavy atom. The smallest absolute Gasteiger partial charge is 0.205 e. The zero-order chi connectivity index (χ0) is 16.8. The van der Waals surface area contributed by atoms with Crippen LogP contribution in [0.4, 0.5) is 0 Å². The molecule has 0 saturated carbocycles. The van der Waals surface area contributed by atoms with Crippen LogP contribution >= 0.6 is 7.29 Å². The van der Waals surface area contributed by atoms with Crippen LogP contribution in [0.25, 0.3) is 0 Å². The van der Waals surface area contributed by atoms with E-state index in [4.69, 9.17) is 5.73 Å². The highest BCUT2D eigenvalue weighted by Gasteiger charge is 2.30. The monoisotopic (exact) mass is 336 g/mol. The van der Waals surface area contributed by atoms with Crippen molar-refractivity contribution >= 4 is 17.9 Å². The summed E-state index contributed by atoms with van der Waals surface area (Å²) in [6.07, 6.45) is 0. The lowest BCUT2D eigenvalue weighted by Gasteiger charge is -2.26. The highest BCUT2D eigenvalue weighted by atomic mass is 31.2. The van der Waals surface area contributed by atoms with Gasteiger partial charge in [-0.25, -0.2) is 0 Å². The van der Waals surface area contributed by atoms with E-state index in [9.17, 15) is 4.57 Å². The largest absolute Gasteiger partial charge is 0.329 e. The number of hydrogen-bond acceptors (Lipinski definition) is 2. The molecule has 0 aliphatic carbocycles. The first kappa shape index (κ1) is 16.7. The van der Waals surface area contributed by atoms with Crippen LogP contribution in [-0.4, -0.2) is 6.54 Å². The predicted octanol–water partition coefficient (Wildman–Crippen LogP) is 3.21. The van der Waals surface area contributed by atoms with Gasteiger partial charge in [0.05, 0.1) is 6.04 Å². The summed E-state index contributed by atoms with van der Waals surface area (Å²) >= 11 is 0. The first-order valence-corrected chi connectivity index (χ1v) is 9.69. The van der Waals surface area contributed by atoms with E-state index in [1.54, 1.807) is 0 Å². The second-order valence-corrected chi connectivity index (χ2v) is 8.12. The quantitative estimate of drug-likeness (QED) is 0.680. The Labute approximate surface area is 143 Å². The van der Waals surface area contributed by atoms with E-state index in [-0.39, 0.29) is 6.04 Å². The maximum absolute atomic E-state index is 14.0. The molecule has 0 radical (unpaired) electrons. The molecule has 24 heavy (non-hydrogen) atoms. The van der Waals surface area contributed by atoms with Gasteiger partial charge in [0.2, 0.25) is 7.29 Å². The summed E-state index contributed by atoms with van der Waals surface area (Å²) in [6, 6.07) is 28.8. The summed E-state index contributed by atoms with van der Waals surface area (Å²) in [5.74, 6) is 0. The first-order valence-electron chi connectivity index (χ1n) is 7.98. The van der Waals surface area contributed by atoms with Crippen LogP contribution in [0.1, 0.15) is 11.6 Å². The molecular formula is C20H21N2OP. The van der Waals surface area contributed by atoms with Crippen molar-refractivity contribution in [3.8, 4) is 0 Å². The molecule has 3 aromatic rings. The third-order valence-electron chi connectivity index (χ3n) is 4.01. The van der Waals surface area contributed by atoms with E-state index < -0.39 is 7.29 Å². The van der Waals surface area contributed by atoms with Crippen LogP contribution in [0.5, 0.6) is 0 Å². The predicted molar refractivity (Wildman–Crippen MR) is 101 cm³/mol. The summed E-state index contributed by atoms with van der Waals surface area (Å²) in [5.41, 5.74) is 7.02. The van der Waals surface area contributed by atoms with Crippen LogP contribution in [0.3, 0.4) is 0 Å². The van der Waals surface area contributed by atoms with Gasteiger partial charge < -0.3 is 5.73 Å². The summed E-state index contributed by atoms with van der Waals surface area (Å²) in [4.78, 5) is 0. The van der Waals surface area contributed by atoms with Crippen molar-refractivity contribution in [3.05, 3.63) is 96.6 Å². The molecule has 0 amide bonds. The van der Waals surface area contributed by atoms with Crippen molar-refractivity contribution in [2.75, 3.05) is 6.54 Å². The molecule has 3 N–H and O–H groups in total. The number of hydrogen-bond donors (Lipinski definition) is 2. The lowest BCUT2D eigenvalue weighted by atomic mass is 10.1. The van der Waals surface area contributed by atoms with Crippen molar-refractivity contribution in [2.24, 2.45) is 5.73 Å². The van der Waals surface area contributed by atoms with E-state index in [2.05, 4.69) is 5.09 Å². The van der Waals surface area contributed by atoms with Crippen LogP contribution in [0.2, 0.25) is 0 Å². The summed E-state index contributed by atoms with van der Waals surface area (Å²) in [6.45, 7) is 0.369. The number of benzene rings is 3. The van der Waals surface area contributed by atoms with Crippen molar-refractivity contribution in [1.29, 1.82) is 0 Å². The average Bonchev–Trinajstić information content (AvgIpc) is 2.68. The van der Waals surface area contributed by atoms with E-state index in [1.807, 2.05) is 91.0 Å². The maximum Gasteiger partial charge on any atom is 0.205 e. The Bertz CT molecular complexity index is 763. The first-order chi connectivity index (χ1) is 11.7. The van der Waals surface area contributed by atoms with Crippen LogP contribution < -0.4 is 21.4 Å². The molecule has 3 rings (SSSR count). The fourth-order valence-corrected chi connectivity index (χ4v) is 5.22. The third kappa shape index (κ3) is 3.49. The minimum Gasteiger partial charge on any atom is -0.329 e. The number of nitrogens with one attached hydrogen (secondary N) is 1. The average molecular weight is 336 g/mol. The summed E-state index contributed by atoms with van der Waals surface area (Å²) < 4.78 is 14.0. The fourth-order valence-electron chi connectivity index (χ4n) is 2.74. The van der Waals surface area contributed by atoms with Crippen molar-refractivity contribution in [1.82, 2.24) is 5.09 Å². The van der Waals surface area contributed by atoms with E-state index in [1.165, 1.54) is 0 Å². The summed E-state index contributed by atoms with van der Waals surface area (Å²) in [5, 5.41) is 4.93. The van der Waals surface area contributed by atoms with Crippen molar-refractivity contribution in [3.63, 3.8) is 0 Å². The molecule has 0 bridgehead atoms. The Hall–Kier alpha value is -2.19. The normalized spacial score (nSPS) is 12.7. The molecule has 0 spiro atoms. The Kier molecular flexibility index (Phi) is 5.27. The minimum atomic E-state index is -2.99. The molecule has 0 aliphatic rings. The van der Waals surface area contributed by atoms with Crippen LogP contribution in [0.15, 0.2) is 91.0 Å². The van der Waals surface area contributed by atoms with Gasteiger partial charge in [0.15, 0.2) is 0 Å². The van der Waals surface area contributed by atoms with Gasteiger partial charge in [0, 0.05) is 17.2 Å². The molecule has 0 aromatic heterocycles. The molecule has 122 valence electrons. The zero-order valence-corrected chi connectivity index (χ0v) is 14.3. The molecule has 0 saturated heterocycles. The van der Waals surface area contributed by atoms with Gasteiger partial charge in [-0.1, -0.05) is 66.7 Å². The molecule has 0 fully saturated rings. The molecule has 0 aliphatic heterocycles. The third-order valence-corrected chi connectivity index (χ3v) is 6.74. The van der Waals surface area contributed by atoms with Crippen LogP contribution in [-0.2, 0) is 4.57 Å². The standard InChI is InChI=1S/C20H21N2OP/c21-16-20(17-10-4-1-5-11-17)22-24(23,18-12-6-2-7-13-18)19-14-8-3-9-15-19/h1-15,20H,16,21H2,(H,22,23)/t20-/m1/s1. The fraction of sp³-hybridized carbons (Fsp3) is 0.100. The van der Waals surface area contributed by atoms with Gasteiger partial charge in [-0.2, -0.15) is 0 Å². The SMILES string of the molecule is NC[C@@H](NP(=O)(c1ccccc1)c1ccccc1)c1ccccc1. The Morgan fingerprint density at radius 2 is 1.17 bits per heavy atom. The second-order valence-electron chi connectivity index (χ2n) is 5.61. The minimum absolute atomic E-state index is 0.183. The van der Waals surface area contributed by atoms with Crippen molar-refractivity contribution < 1.29 is 4.57 Å². The Morgan fingerprint density at radius 3 is 1.58 bits per heavy atom. The van der Waals surface area contributed by atoms with E-state index in [0.29, 0.717) is 6.54 Å². The molecular weight excluding hydrogens is 315 g/mol. The van der Waals surface area contributed by atoms with Gasteiger partial charge in [-0.05, 0) is 29.8 Å². The maximum atomic E-state index is 14.0. The van der Waals surface area contributed by atoms with E-state index in [0.717, 1.165) is 16.2 Å². The lowest BCUT2D eigenvalue weighted by molar-refractivity contribution is 0.562. The second kappa shape index (κ2) is 7.59. The zero-order valence-electron chi connectivity index (χ0n) is 13.4. The molecule has 3 nitrogen and oxygen atoms in total. The number of rotatable bonds is 6. The summed E-state index contributed by atoms with van der Waals surface area (Å²) in [7, 11) is -2.99. The molecule has 4 heteroatoms. The molecule has 0 unspecified atom stereocenters. The molecule has 0 heterocycles. The van der Waals surface area contributed by atoms with Gasteiger partial charge >= 0.3 is 0 Å². The van der Waals surface area contributed by atoms with Crippen LogP contribution in [0, 0.1) is 0 Å². The topological polar surface area (TPSA) is 55.1 Å². The van der Waals surface area contributed by atoms with Gasteiger partial charge in [0.1, 0.15) is 0 Å². The van der Waals surface area contributed by atoms with Crippen molar-refractivity contribution in [2.45, 2.75) is 6.04 Å². The Balaban J connectivity index is 2.04. The molecule has 1 atom stereocenters. The van der Waals surface area contributed by atoms with E-state index >= 15 is 0 Å². The van der Waals surface area contributed by atoms with Gasteiger partial charge in [-0.15, -0.1) is 0 Å². The molecule has 3 aromatic carbocycles. The highest BCUT2D eigenvalue weighted by molar-refractivity contribution is 7.76. The van der Waals surface area contributed by atoms with Gasteiger partial charge in [0.25, 0.3) is 0 Å².